The van der Waals surface area contributed by atoms with E-state index in [0.717, 1.165) is 35.3 Å². The molecule has 1 aliphatic heterocycles. The molecule has 1 unspecified atom stereocenters. The number of thioether (sulfide) groups is 2. The van der Waals surface area contributed by atoms with E-state index in [-0.39, 0.29) is 11.3 Å². The highest BCUT2D eigenvalue weighted by Crippen LogP contribution is 2.38. The third-order valence-corrected chi connectivity index (χ3v) is 5.51. The van der Waals surface area contributed by atoms with Crippen molar-refractivity contribution in [1.29, 1.82) is 0 Å². The van der Waals surface area contributed by atoms with Gasteiger partial charge >= 0.3 is 0 Å². The van der Waals surface area contributed by atoms with Gasteiger partial charge in [0, 0.05) is 11.9 Å². The molecular weight excluding hydrogens is 300 g/mol. The fraction of sp³-hybridized carbons (Fsp3) is 0.375. The quantitative estimate of drug-likeness (QED) is 0.789. The van der Waals surface area contributed by atoms with Gasteiger partial charge in [-0.15, -0.1) is 11.8 Å². The third kappa shape index (κ3) is 3.19. The summed E-state index contributed by atoms with van der Waals surface area (Å²) in [6.45, 7) is 0.825. The summed E-state index contributed by atoms with van der Waals surface area (Å²) in [4.78, 5) is 18.8. The van der Waals surface area contributed by atoms with E-state index in [2.05, 4.69) is 24.5 Å². The van der Waals surface area contributed by atoms with E-state index in [4.69, 9.17) is 4.98 Å². The first-order valence-corrected chi connectivity index (χ1v) is 9.49. The monoisotopic (exact) mass is 318 g/mol. The van der Waals surface area contributed by atoms with Crippen LogP contribution in [0.5, 0.6) is 0 Å². The molecule has 1 fully saturated rings. The van der Waals surface area contributed by atoms with E-state index in [9.17, 15) is 4.79 Å². The number of nitrogens with zero attached hydrogens (tertiary/aromatic N) is 2. The van der Waals surface area contributed by atoms with Crippen molar-refractivity contribution in [2.75, 3.05) is 24.3 Å². The Morgan fingerprint density at radius 1 is 1.33 bits per heavy atom. The van der Waals surface area contributed by atoms with Crippen molar-refractivity contribution in [2.24, 2.45) is 0 Å². The summed E-state index contributed by atoms with van der Waals surface area (Å²) in [5.41, 5.74) is 1.99. The van der Waals surface area contributed by atoms with Crippen LogP contribution >= 0.6 is 23.5 Å². The third-order valence-electron chi connectivity index (χ3n) is 3.59. The number of hydrogen-bond donors (Lipinski definition) is 0. The molecule has 1 saturated heterocycles. The van der Waals surface area contributed by atoms with Crippen LogP contribution in [0.25, 0.3) is 10.9 Å². The van der Waals surface area contributed by atoms with Crippen LogP contribution in [-0.2, 0) is 4.79 Å². The second kappa shape index (κ2) is 6.71. The maximum Gasteiger partial charge on any atom is 0.233 e. The number of rotatable bonds is 5. The van der Waals surface area contributed by atoms with Crippen LogP contribution in [-0.4, -0.2) is 40.1 Å². The van der Waals surface area contributed by atoms with Gasteiger partial charge in [0.05, 0.1) is 17.0 Å². The average molecular weight is 318 g/mol. The number of hydrogen-bond acceptors (Lipinski definition) is 4. The number of pyridine rings is 1. The van der Waals surface area contributed by atoms with E-state index in [1.807, 2.05) is 34.9 Å². The molecule has 3 nitrogen and oxygen atoms in total. The molecular formula is C16H18N2OS2. The smallest absolute Gasteiger partial charge is 0.233 e. The van der Waals surface area contributed by atoms with Gasteiger partial charge in [0.1, 0.15) is 5.37 Å². The first kappa shape index (κ1) is 14.7. The van der Waals surface area contributed by atoms with Crippen molar-refractivity contribution in [3.63, 3.8) is 0 Å². The van der Waals surface area contributed by atoms with E-state index in [0.29, 0.717) is 5.75 Å². The SMILES string of the molecule is CSCCCN1C(=O)CSC1c1ccc2ccccc2n1. The van der Waals surface area contributed by atoms with Gasteiger partial charge < -0.3 is 4.90 Å². The van der Waals surface area contributed by atoms with Crippen molar-refractivity contribution >= 4 is 40.3 Å². The topological polar surface area (TPSA) is 33.2 Å². The molecule has 2 aromatic rings. The molecule has 0 radical (unpaired) electrons. The molecule has 110 valence electrons. The molecule has 0 saturated carbocycles. The molecule has 0 N–H and O–H groups in total. The Hall–Kier alpha value is -1.20. The Bertz CT molecular complexity index is 647. The average Bonchev–Trinajstić information content (AvgIpc) is 2.88. The molecule has 0 bridgehead atoms. The fourth-order valence-corrected chi connectivity index (χ4v) is 4.13. The number of carbonyl (C=O) groups excluding carboxylic acids is 1. The molecule has 1 aromatic carbocycles. The lowest BCUT2D eigenvalue weighted by atomic mass is 10.2. The number of amides is 1. The zero-order valence-corrected chi connectivity index (χ0v) is 13.6. The lowest BCUT2D eigenvalue weighted by Crippen LogP contribution is -2.29. The Balaban J connectivity index is 1.83. The van der Waals surface area contributed by atoms with Crippen LogP contribution in [0, 0.1) is 0 Å². The fourth-order valence-electron chi connectivity index (χ4n) is 2.54. The first-order valence-electron chi connectivity index (χ1n) is 7.05. The van der Waals surface area contributed by atoms with Gasteiger partial charge in [-0.3, -0.25) is 4.79 Å². The van der Waals surface area contributed by atoms with Gasteiger partial charge in [0.2, 0.25) is 5.91 Å². The minimum Gasteiger partial charge on any atom is -0.324 e. The highest BCUT2D eigenvalue weighted by atomic mass is 32.2. The lowest BCUT2D eigenvalue weighted by Gasteiger charge is -2.23. The second-order valence-corrected chi connectivity index (χ2v) is 7.08. The van der Waals surface area contributed by atoms with Crippen molar-refractivity contribution in [3.8, 4) is 0 Å². The highest BCUT2D eigenvalue weighted by Gasteiger charge is 2.33. The predicted molar refractivity (Wildman–Crippen MR) is 91.7 cm³/mol. The molecule has 0 spiro atoms. The Labute approximate surface area is 133 Å². The van der Waals surface area contributed by atoms with Crippen LogP contribution < -0.4 is 0 Å². The number of benzene rings is 1. The van der Waals surface area contributed by atoms with Crippen LogP contribution in [0.15, 0.2) is 36.4 Å². The molecule has 5 heteroatoms. The summed E-state index contributed by atoms with van der Waals surface area (Å²) in [7, 11) is 0. The maximum absolute atomic E-state index is 12.1. The van der Waals surface area contributed by atoms with E-state index >= 15 is 0 Å². The van der Waals surface area contributed by atoms with Gasteiger partial charge in [-0.25, -0.2) is 4.98 Å². The molecule has 0 aliphatic carbocycles. The molecule has 1 atom stereocenters. The minimum atomic E-state index is 0.0731. The van der Waals surface area contributed by atoms with Crippen molar-refractivity contribution in [1.82, 2.24) is 9.88 Å². The minimum absolute atomic E-state index is 0.0731. The van der Waals surface area contributed by atoms with Crippen LogP contribution in [0.2, 0.25) is 0 Å². The standard InChI is InChI=1S/C16H18N2OS2/c1-20-10-4-9-18-15(19)11-21-16(18)14-8-7-12-5-2-3-6-13(12)17-14/h2-3,5-8,16H,4,9-11H2,1H3. The van der Waals surface area contributed by atoms with Crippen LogP contribution in [0.4, 0.5) is 0 Å². The molecule has 1 aromatic heterocycles. The van der Waals surface area contributed by atoms with Gasteiger partial charge in [0.25, 0.3) is 0 Å². The van der Waals surface area contributed by atoms with Crippen molar-refractivity contribution in [3.05, 3.63) is 42.1 Å². The summed E-state index contributed by atoms with van der Waals surface area (Å²) in [6.07, 6.45) is 3.14. The number of para-hydroxylation sites is 1. The second-order valence-electron chi connectivity index (χ2n) is 5.03. The van der Waals surface area contributed by atoms with Gasteiger partial charge in [-0.1, -0.05) is 24.3 Å². The molecule has 1 amide bonds. The first-order chi connectivity index (χ1) is 10.3. The highest BCUT2D eigenvalue weighted by molar-refractivity contribution is 8.00. The normalized spacial score (nSPS) is 18.6. The molecule has 3 rings (SSSR count). The largest absolute Gasteiger partial charge is 0.324 e. The lowest BCUT2D eigenvalue weighted by molar-refractivity contribution is -0.128. The number of carbonyl (C=O) groups is 1. The zero-order valence-electron chi connectivity index (χ0n) is 12.0. The van der Waals surface area contributed by atoms with E-state index < -0.39 is 0 Å². The summed E-state index contributed by atoms with van der Waals surface area (Å²) in [5, 5.41) is 1.22. The Morgan fingerprint density at radius 2 is 2.19 bits per heavy atom. The maximum atomic E-state index is 12.1. The number of fused-ring (bicyclic) bond motifs is 1. The van der Waals surface area contributed by atoms with Crippen molar-refractivity contribution in [2.45, 2.75) is 11.8 Å². The van der Waals surface area contributed by atoms with Gasteiger partial charge in [-0.05, 0) is 30.6 Å². The Morgan fingerprint density at radius 3 is 3.05 bits per heavy atom. The molecule has 1 aliphatic rings. The van der Waals surface area contributed by atoms with E-state index in [1.54, 1.807) is 11.8 Å². The van der Waals surface area contributed by atoms with Gasteiger partial charge in [0.15, 0.2) is 0 Å². The van der Waals surface area contributed by atoms with Crippen LogP contribution in [0.3, 0.4) is 0 Å². The summed E-state index contributed by atoms with van der Waals surface area (Å²) in [6, 6.07) is 12.3. The summed E-state index contributed by atoms with van der Waals surface area (Å²) >= 11 is 3.51. The van der Waals surface area contributed by atoms with E-state index in [1.165, 1.54) is 0 Å². The van der Waals surface area contributed by atoms with Gasteiger partial charge in [-0.2, -0.15) is 11.8 Å². The van der Waals surface area contributed by atoms with Crippen molar-refractivity contribution < 1.29 is 4.79 Å². The summed E-state index contributed by atoms with van der Waals surface area (Å²) in [5.74, 6) is 1.89. The molecule has 21 heavy (non-hydrogen) atoms. The van der Waals surface area contributed by atoms with Crippen LogP contribution in [0.1, 0.15) is 17.5 Å². The molecule has 2 heterocycles. The Kier molecular flexibility index (Phi) is 4.70. The predicted octanol–water partition coefficient (Wildman–Crippen LogP) is 3.56. The zero-order chi connectivity index (χ0) is 14.7. The summed E-state index contributed by atoms with van der Waals surface area (Å²) < 4.78 is 0. The number of aromatic nitrogens is 1.